The number of likely N-dealkylation sites (tertiary alicyclic amines) is 1. The Hall–Kier alpha value is -2.11. The van der Waals surface area contributed by atoms with Gasteiger partial charge in [-0.3, -0.25) is 4.90 Å². The summed E-state index contributed by atoms with van der Waals surface area (Å²) < 4.78 is 5.62. The second-order valence-electron chi connectivity index (χ2n) is 7.61. The molecule has 0 bridgehead atoms. The van der Waals surface area contributed by atoms with Crippen LogP contribution in [0.2, 0.25) is 0 Å². The zero-order valence-corrected chi connectivity index (χ0v) is 17.9. The van der Waals surface area contributed by atoms with Gasteiger partial charge in [0, 0.05) is 17.8 Å². The first-order valence-electron chi connectivity index (χ1n) is 10.1. The zero-order valence-electron chi connectivity index (χ0n) is 17.1. The van der Waals surface area contributed by atoms with Gasteiger partial charge < -0.3 is 15.4 Å². The van der Waals surface area contributed by atoms with E-state index in [2.05, 4.69) is 65.8 Å². The standard InChI is InChI=1S/C23H31N3OS/c1-17(2)18-10-12-19(13-11-18)25-23(28)24-16-21(26-14-6-7-15-26)20-8-4-5-9-22(20)27-3/h4-5,8-13,17,21H,6-7,14-16H2,1-3H3,(H2,24,25,28). The fourth-order valence-electron chi connectivity index (χ4n) is 3.75. The van der Waals surface area contributed by atoms with Gasteiger partial charge in [-0.1, -0.05) is 44.2 Å². The Morgan fingerprint density at radius 3 is 2.39 bits per heavy atom. The van der Waals surface area contributed by atoms with E-state index in [9.17, 15) is 0 Å². The number of para-hydroxylation sites is 1. The summed E-state index contributed by atoms with van der Waals surface area (Å²) in [4.78, 5) is 2.52. The van der Waals surface area contributed by atoms with Gasteiger partial charge >= 0.3 is 0 Å². The second-order valence-corrected chi connectivity index (χ2v) is 8.02. The predicted molar refractivity (Wildman–Crippen MR) is 121 cm³/mol. The summed E-state index contributed by atoms with van der Waals surface area (Å²) in [5.41, 5.74) is 3.55. The Morgan fingerprint density at radius 2 is 1.75 bits per heavy atom. The Labute approximate surface area is 174 Å². The highest BCUT2D eigenvalue weighted by Gasteiger charge is 2.25. The van der Waals surface area contributed by atoms with Crippen molar-refractivity contribution in [3.8, 4) is 5.75 Å². The van der Waals surface area contributed by atoms with E-state index in [1.807, 2.05) is 12.1 Å². The highest BCUT2D eigenvalue weighted by Crippen LogP contribution is 2.31. The largest absolute Gasteiger partial charge is 0.496 e. The number of ether oxygens (including phenoxy) is 1. The van der Waals surface area contributed by atoms with E-state index in [0.29, 0.717) is 11.0 Å². The molecule has 0 radical (unpaired) electrons. The van der Waals surface area contributed by atoms with E-state index in [1.54, 1.807) is 7.11 Å². The molecule has 5 heteroatoms. The molecule has 4 nitrogen and oxygen atoms in total. The molecule has 28 heavy (non-hydrogen) atoms. The van der Waals surface area contributed by atoms with Gasteiger partial charge in [0.2, 0.25) is 0 Å². The fraction of sp³-hybridized carbons (Fsp3) is 0.435. The third-order valence-electron chi connectivity index (χ3n) is 5.37. The number of nitrogens with one attached hydrogen (secondary N) is 2. The lowest BCUT2D eigenvalue weighted by Gasteiger charge is -2.29. The van der Waals surface area contributed by atoms with E-state index < -0.39 is 0 Å². The molecular formula is C23H31N3OS. The first-order valence-corrected chi connectivity index (χ1v) is 10.5. The molecule has 0 spiro atoms. The molecule has 1 atom stereocenters. The average Bonchev–Trinajstić information content (AvgIpc) is 3.23. The van der Waals surface area contributed by atoms with E-state index in [4.69, 9.17) is 17.0 Å². The number of benzene rings is 2. The van der Waals surface area contributed by atoms with Crippen LogP contribution in [0.5, 0.6) is 5.75 Å². The highest BCUT2D eigenvalue weighted by molar-refractivity contribution is 7.80. The van der Waals surface area contributed by atoms with Crippen LogP contribution in [0.25, 0.3) is 0 Å². The normalized spacial score (nSPS) is 15.4. The molecule has 1 heterocycles. The molecule has 1 unspecified atom stereocenters. The Morgan fingerprint density at radius 1 is 1.07 bits per heavy atom. The number of methoxy groups -OCH3 is 1. The summed E-state index contributed by atoms with van der Waals surface area (Å²) in [6.45, 7) is 7.37. The smallest absolute Gasteiger partial charge is 0.170 e. The minimum absolute atomic E-state index is 0.238. The molecule has 2 aromatic carbocycles. The maximum absolute atomic E-state index is 5.62. The van der Waals surface area contributed by atoms with E-state index in [0.717, 1.165) is 31.1 Å². The molecule has 2 aromatic rings. The lowest BCUT2D eigenvalue weighted by Crippen LogP contribution is -2.38. The van der Waals surface area contributed by atoms with E-state index >= 15 is 0 Å². The Bertz CT molecular complexity index is 770. The van der Waals surface area contributed by atoms with Crippen LogP contribution in [-0.2, 0) is 0 Å². The molecule has 1 fully saturated rings. The van der Waals surface area contributed by atoms with Crippen LogP contribution >= 0.6 is 12.2 Å². The van der Waals surface area contributed by atoms with E-state index in [-0.39, 0.29) is 6.04 Å². The molecule has 0 saturated carbocycles. The number of rotatable bonds is 7. The fourth-order valence-corrected chi connectivity index (χ4v) is 3.95. The minimum Gasteiger partial charge on any atom is -0.496 e. The molecule has 1 aliphatic rings. The molecule has 150 valence electrons. The van der Waals surface area contributed by atoms with Crippen molar-refractivity contribution in [2.24, 2.45) is 0 Å². The summed E-state index contributed by atoms with van der Waals surface area (Å²) in [6, 6.07) is 17.0. The monoisotopic (exact) mass is 397 g/mol. The summed E-state index contributed by atoms with van der Waals surface area (Å²) in [5.74, 6) is 1.46. The summed E-state index contributed by atoms with van der Waals surface area (Å²) in [5, 5.41) is 7.37. The van der Waals surface area contributed by atoms with Crippen LogP contribution < -0.4 is 15.4 Å². The summed E-state index contributed by atoms with van der Waals surface area (Å²) >= 11 is 5.55. The lowest BCUT2D eigenvalue weighted by molar-refractivity contribution is 0.240. The van der Waals surface area contributed by atoms with Crippen molar-refractivity contribution in [1.29, 1.82) is 0 Å². The Kier molecular flexibility index (Phi) is 7.29. The van der Waals surface area contributed by atoms with Crippen molar-refractivity contribution in [2.45, 2.75) is 38.6 Å². The quantitative estimate of drug-likeness (QED) is 0.647. The van der Waals surface area contributed by atoms with Crippen molar-refractivity contribution in [2.75, 3.05) is 32.1 Å². The van der Waals surface area contributed by atoms with Crippen molar-refractivity contribution in [3.63, 3.8) is 0 Å². The van der Waals surface area contributed by atoms with Gasteiger partial charge in [0.25, 0.3) is 0 Å². The van der Waals surface area contributed by atoms with Crippen molar-refractivity contribution in [3.05, 3.63) is 59.7 Å². The second kappa shape index (κ2) is 9.89. The van der Waals surface area contributed by atoms with Crippen molar-refractivity contribution < 1.29 is 4.74 Å². The number of nitrogens with zero attached hydrogens (tertiary/aromatic N) is 1. The van der Waals surface area contributed by atoms with Crippen LogP contribution in [0.1, 0.15) is 49.8 Å². The molecule has 2 N–H and O–H groups in total. The molecule has 0 amide bonds. The van der Waals surface area contributed by atoms with Crippen LogP contribution in [0.3, 0.4) is 0 Å². The first-order chi connectivity index (χ1) is 13.6. The molecule has 3 rings (SSSR count). The number of thiocarbonyl (C=S) groups is 1. The minimum atomic E-state index is 0.238. The van der Waals surface area contributed by atoms with Gasteiger partial charge in [0.1, 0.15) is 5.75 Å². The number of hydrogen-bond acceptors (Lipinski definition) is 3. The highest BCUT2D eigenvalue weighted by atomic mass is 32.1. The van der Waals surface area contributed by atoms with Crippen LogP contribution in [0, 0.1) is 0 Å². The molecule has 1 saturated heterocycles. The number of anilines is 1. The zero-order chi connectivity index (χ0) is 19.9. The van der Waals surface area contributed by atoms with Gasteiger partial charge in [0.05, 0.1) is 13.2 Å². The van der Waals surface area contributed by atoms with Gasteiger partial charge in [-0.25, -0.2) is 0 Å². The lowest BCUT2D eigenvalue weighted by atomic mass is 10.0. The van der Waals surface area contributed by atoms with Crippen LogP contribution in [0.4, 0.5) is 5.69 Å². The predicted octanol–water partition coefficient (Wildman–Crippen LogP) is 4.94. The third kappa shape index (κ3) is 5.24. The van der Waals surface area contributed by atoms with Crippen molar-refractivity contribution >= 4 is 23.0 Å². The molecule has 1 aliphatic heterocycles. The molecule has 0 aliphatic carbocycles. The average molecular weight is 398 g/mol. The summed E-state index contributed by atoms with van der Waals surface area (Å²) in [6.07, 6.45) is 2.49. The van der Waals surface area contributed by atoms with Gasteiger partial charge in [-0.15, -0.1) is 0 Å². The van der Waals surface area contributed by atoms with Gasteiger partial charge in [0.15, 0.2) is 5.11 Å². The SMILES string of the molecule is COc1ccccc1C(CNC(=S)Nc1ccc(C(C)C)cc1)N1CCCC1. The third-order valence-corrected chi connectivity index (χ3v) is 5.62. The van der Waals surface area contributed by atoms with Crippen LogP contribution in [-0.4, -0.2) is 36.8 Å². The van der Waals surface area contributed by atoms with Crippen molar-refractivity contribution in [1.82, 2.24) is 10.2 Å². The van der Waals surface area contributed by atoms with E-state index in [1.165, 1.54) is 24.0 Å². The topological polar surface area (TPSA) is 36.5 Å². The maximum Gasteiger partial charge on any atom is 0.170 e. The van der Waals surface area contributed by atoms with Gasteiger partial charge in [-0.05, 0) is 67.8 Å². The number of hydrogen-bond donors (Lipinski definition) is 2. The summed E-state index contributed by atoms with van der Waals surface area (Å²) in [7, 11) is 1.74. The Balaban J connectivity index is 1.65. The first kappa shape index (κ1) is 20.6. The molecule has 0 aromatic heterocycles. The molecular weight excluding hydrogens is 366 g/mol. The van der Waals surface area contributed by atoms with Crippen LogP contribution in [0.15, 0.2) is 48.5 Å². The van der Waals surface area contributed by atoms with Gasteiger partial charge in [-0.2, -0.15) is 0 Å². The maximum atomic E-state index is 5.62.